The summed E-state index contributed by atoms with van der Waals surface area (Å²) in [5.74, 6) is 0. The fourth-order valence-electron chi connectivity index (χ4n) is 0. The van der Waals surface area contributed by atoms with Crippen LogP contribution in [0.2, 0.25) is 0 Å². The van der Waals surface area contributed by atoms with Crippen LogP contribution in [0.3, 0.4) is 0 Å². The Hall–Kier alpha value is 4.79. The van der Waals surface area contributed by atoms with Gasteiger partial charge in [0.1, 0.15) is 0 Å². The van der Waals surface area contributed by atoms with Crippen LogP contribution in [0.5, 0.6) is 0 Å². The van der Waals surface area contributed by atoms with Crippen LogP contribution >= 0.6 is 0 Å². The molecule has 0 atom stereocenters. The topological polar surface area (TPSA) is 85.5 Å². The van der Waals surface area contributed by atoms with E-state index in [1.54, 1.807) is 27.1 Å². The van der Waals surface area contributed by atoms with Gasteiger partial charge in [-0.15, -0.1) is 0 Å². The molecule has 0 bridgehead atoms. The number of hydrogen-bond donors (Lipinski definition) is 0. The molecule has 0 aromatic heterocycles. The average Bonchev–Trinajstić information content (AvgIpc) is 1.50. The van der Waals surface area contributed by atoms with E-state index >= 15 is 0 Å². The second kappa shape index (κ2) is 45.1. The van der Waals surface area contributed by atoms with Crippen molar-refractivity contribution in [2.45, 2.75) is 0 Å². The average molecular weight is 507 g/mol. The Bertz CT molecular complexity index is 10.9. The van der Waals surface area contributed by atoms with Crippen molar-refractivity contribution in [3.05, 3.63) is 0 Å². The first-order valence-electron chi connectivity index (χ1n) is 1.00. The molecular weight excluding hydrogens is 505 g/mol. The van der Waals surface area contributed by atoms with Crippen LogP contribution in [-0.4, -0.2) is 79.2 Å². The molecular formula is H2Ba2O3Zr2. The van der Waals surface area contributed by atoms with Crippen molar-refractivity contribution in [1.29, 1.82) is 0 Å². The van der Waals surface area contributed by atoms with Crippen molar-refractivity contribution in [1.82, 2.24) is 0 Å². The van der Waals surface area contributed by atoms with Gasteiger partial charge in [0.15, 0.2) is 0 Å². The Morgan fingerprint density at radius 3 is 0.571 bits per heavy atom. The van der Waals surface area contributed by atoms with E-state index in [0.29, 0.717) is 0 Å². The van der Waals surface area contributed by atoms with Crippen LogP contribution in [0.15, 0.2) is 0 Å². The Balaban J connectivity index is -0.00000000267. The SMILES string of the molecule is [O-2].[O-2].[O-2].[Zr+3][BaH].[Zr+3][BaH]. The van der Waals surface area contributed by atoms with Gasteiger partial charge in [-0.05, 0) is 0 Å². The normalized spacial score (nSPS) is 1.43. The van der Waals surface area contributed by atoms with Gasteiger partial charge >= 0.3 is 106 Å². The molecule has 0 rings (SSSR count). The van der Waals surface area contributed by atoms with E-state index in [4.69, 9.17) is 0 Å². The predicted octanol–water partition coefficient (Wildman–Crippen LogP) is -1.66. The third-order valence-corrected chi connectivity index (χ3v) is 0. The first kappa shape index (κ1) is 29.8. The van der Waals surface area contributed by atoms with Crippen molar-refractivity contribution in [3.8, 4) is 0 Å². The van der Waals surface area contributed by atoms with E-state index in [9.17, 15) is 0 Å². The summed E-state index contributed by atoms with van der Waals surface area (Å²) >= 11 is 5.50. The van der Waals surface area contributed by atoms with Crippen LogP contribution in [0.4, 0.5) is 0 Å². The molecule has 0 aromatic rings. The fraction of sp³-hybridized carbons (Fsp3) is 0. The number of hydrogen-bond acceptors (Lipinski definition) is 0. The second-order valence-corrected chi connectivity index (χ2v) is 0. The summed E-state index contributed by atoms with van der Waals surface area (Å²) in [5, 5.41) is 0. The molecule has 32 valence electrons. The predicted molar refractivity (Wildman–Crippen MR) is 16.4 cm³/mol. The molecule has 0 aliphatic rings. The van der Waals surface area contributed by atoms with Crippen LogP contribution in [0.25, 0.3) is 0 Å². The zero-order valence-electron chi connectivity index (χ0n) is 4.22. The Labute approximate surface area is 118 Å². The zero-order valence-corrected chi connectivity index (χ0v) is 21.7. The first-order valence-corrected chi connectivity index (χ1v) is 43.1. The third-order valence-electron chi connectivity index (χ3n) is 0. The van der Waals surface area contributed by atoms with Crippen molar-refractivity contribution < 1.29 is 43.5 Å². The molecule has 0 aliphatic carbocycles. The van der Waals surface area contributed by atoms with Crippen molar-refractivity contribution in [3.63, 3.8) is 0 Å². The van der Waals surface area contributed by atoms with Gasteiger partial charge in [0.2, 0.25) is 0 Å². The van der Waals surface area contributed by atoms with Gasteiger partial charge < -0.3 is 16.4 Å². The molecule has 0 N–H and O–H groups in total. The maximum atomic E-state index is 1.77. The minimum atomic E-state index is 0. The molecule has 7 heteroatoms. The van der Waals surface area contributed by atoms with E-state index < -0.39 is 0 Å². The van der Waals surface area contributed by atoms with Gasteiger partial charge in [-0.25, -0.2) is 0 Å². The van der Waals surface area contributed by atoms with Crippen molar-refractivity contribution >= 4 is 79.2 Å². The molecule has 7 heavy (non-hydrogen) atoms. The van der Waals surface area contributed by atoms with E-state index in [1.807, 2.05) is 0 Å². The molecule has 0 saturated heterocycles. The molecule has 0 spiro atoms. The van der Waals surface area contributed by atoms with E-state index in [1.165, 1.54) is 0 Å². The van der Waals surface area contributed by atoms with Crippen molar-refractivity contribution in [2.75, 3.05) is 0 Å². The summed E-state index contributed by atoms with van der Waals surface area (Å²) in [5.41, 5.74) is 0. The van der Waals surface area contributed by atoms with Crippen LogP contribution in [-0.2, 0) is 43.5 Å². The van der Waals surface area contributed by atoms with E-state index in [2.05, 4.69) is 0 Å². The molecule has 0 unspecified atom stereocenters. The molecule has 0 amide bonds. The van der Waals surface area contributed by atoms with Gasteiger partial charge in [-0.1, -0.05) is 0 Å². The Morgan fingerprint density at radius 1 is 0.571 bits per heavy atom. The summed E-state index contributed by atoms with van der Waals surface area (Å²) in [4.78, 5) is 0. The van der Waals surface area contributed by atoms with Crippen LogP contribution in [0, 0.1) is 0 Å². The molecule has 0 radical (unpaired) electrons. The van der Waals surface area contributed by atoms with Gasteiger partial charge in [-0.2, -0.15) is 0 Å². The standard InChI is InChI=1S/2Ba.3O.2Zr.2H/q;;3*-2;2*+3;;. The van der Waals surface area contributed by atoms with Gasteiger partial charge in [0.05, 0.1) is 0 Å². The summed E-state index contributed by atoms with van der Waals surface area (Å²) in [7, 11) is 0. The number of rotatable bonds is 0. The zero-order chi connectivity index (χ0) is 4.00. The third kappa shape index (κ3) is 36.3. The molecule has 0 heterocycles. The van der Waals surface area contributed by atoms with Gasteiger partial charge in [0.25, 0.3) is 0 Å². The second-order valence-electron chi connectivity index (χ2n) is 0. The van der Waals surface area contributed by atoms with Gasteiger partial charge in [0, 0.05) is 0 Å². The Kier molecular flexibility index (Phi) is 192. The van der Waals surface area contributed by atoms with E-state index in [-0.39, 0.29) is 16.4 Å². The fourth-order valence-corrected chi connectivity index (χ4v) is 0. The summed E-state index contributed by atoms with van der Waals surface area (Å²) in [6.07, 6.45) is 0. The molecule has 0 saturated carbocycles. The molecule has 3 nitrogen and oxygen atoms in total. The first-order chi connectivity index (χ1) is 2.00. The van der Waals surface area contributed by atoms with Crippen LogP contribution in [0.1, 0.15) is 0 Å². The van der Waals surface area contributed by atoms with Crippen molar-refractivity contribution in [2.24, 2.45) is 0 Å². The molecule has 0 fully saturated rings. The van der Waals surface area contributed by atoms with Gasteiger partial charge in [-0.3, -0.25) is 0 Å². The summed E-state index contributed by atoms with van der Waals surface area (Å²) in [6, 6.07) is 0. The molecule has 0 aliphatic heterocycles. The van der Waals surface area contributed by atoms with E-state index in [0.717, 1.165) is 79.2 Å². The summed E-state index contributed by atoms with van der Waals surface area (Å²) < 4.78 is 0. The molecule has 0 aromatic carbocycles. The Morgan fingerprint density at radius 2 is 0.571 bits per heavy atom. The minimum absolute atomic E-state index is 0. The van der Waals surface area contributed by atoms with Crippen LogP contribution < -0.4 is 0 Å². The maximum absolute atomic E-state index is 1.77. The quantitative estimate of drug-likeness (QED) is 0.352. The summed E-state index contributed by atoms with van der Waals surface area (Å²) in [6.45, 7) is 0. The monoisotopic (exact) mass is 506 g/mol.